The normalized spacial score (nSPS) is 17.9. The average Bonchev–Trinajstić information content (AvgIpc) is 2.81. The number of hydrogen-bond donors (Lipinski definition) is 2. The van der Waals surface area contributed by atoms with Crippen molar-refractivity contribution in [1.82, 2.24) is 4.98 Å². The molecule has 16 heavy (non-hydrogen) atoms. The minimum Gasteiger partial charge on any atom is -0.390 e. The van der Waals surface area contributed by atoms with Gasteiger partial charge in [-0.05, 0) is 43.0 Å². The zero-order valence-electron chi connectivity index (χ0n) is 9.18. The maximum Gasteiger partial charge on any atom is 0.147 e. The lowest BCUT2D eigenvalue weighted by Gasteiger charge is -2.08. The zero-order valence-corrected chi connectivity index (χ0v) is 9.18. The number of aromatic amines is 1. The molecule has 1 aliphatic carbocycles. The average molecular weight is 219 g/mol. The Morgan fingerprint density at radius 3 is 2.88 bits per heavy atom. The van der Waals surface area contributed by atoms with Crippen molar-refractivity contribution in [3.05, 3.63) is 35.3 Å². The second-order valence-electron chi connectivity index (χ2n) is 4.87. The standard InChI is InChI=1S/C13H14FNO/c1-8-7-15-12-10(8)4-9(5-11(12)14)6-13(16)2-3-13/h4-5,7,15-16H,2-3,6H2,1H3. The van der Waals surface area contributed by atoms with Crippen LogP contribution in [0.2, 0.25) is 0 Å². The van der Waals surface area contributed by atoms with Crippen LogP contribution in [-0.2, 0) is 6.42 Å². The lowest BCUT2D eigenvalue weighted by Crippen LogP contribution is -2.10. The van der Waals surface area contributed by atoms with Crippen molar-refractivity contribution < 1.29 is 9.50 Å². The minimum absolute atomic E-state index is 0.232. The molecule has 3 heteroatoms. The highest BCUT2D eigenvalue weighted by Gasteiger charge is 2.40. The smallest absolute Gasteiger partial charge is 0.147 e. The van der Waals surface area contributed by atoms with E-state index < -0.39 is 5.60 Å². The van der Waals surface area contributed by atoms with Crippen LogP contribution in [0.25, 0.3) is 10.9 Å². The fourth-order valence-corrected chi connectivity index (χ4v) is 2.18. The zero-order chi connectivity index (χ0) is 11.3. The lowest BCUT2D eigenvalue weighted by molar-refractivity contribution is 0.151. The van der Waals surface area contributed by atoms with Gasteiger partial charge in [-0.2, -0.15) is 0 Å². The Morgan fingerprint density at radius 1 is 1.44 bits per heavy atom. The fraction of sp³-hybridized carbons (Fsp3) is 0.385. The molecular weight excluding hydrogens is 205 g/mol. The van der Waals surface area contributed by atoms with Gasteiger partial charge in [0.2, 0.25) is 0 Å². The van der Waals surface area contributed by atoms with Crippen molar-refractivity contribution in [3.63, 3.8) is 0 Å². The SMILES string of the molecule is Cc1c[nH]c2c(F)cc(CC3(O)CC3)cc12. The molecule has 1 aromatic carbocycles. The first-order valence-corrected chi connectivity index (χ1v) is 5.56. The summed E-state index contributed by atoms with van der Waals surface area (Å²) in [6.07, 6.45) is 4.03. The van der Waals surface area contributed by atoms with Gasteiger partial charge in [0.1, 0.15) is 5.82 Å². The van der Waals surface area contributed by atoms with Gasteiger partial charge in [-0.3, -0.25) is 0 Å². The van der Waals surface area contributed by atoms with Crippen molar-refractivity contribution >= 4 is 10.9 Å². The Morgan fingerprint density at radius 2 is 2.19 bits per heavy atom. The number of fused-ring (bicyclic) bond motifs is 1. The first-order valence-electron chi connectivity index (χ1n) is 5.56. The monoisotopic (exact) mass is 219 g/mol. The van der Waals surface area contributed by atoms with Crippen LogP contribution in [0.1, 0.15) is 24.0 Å². The number of aromatic nitrogens is 1. The number of nitrogens with one attached hydrogen (secondary N) is 1. The minimum atomic E-state index is -0.565. The predicted molar refractivity (Wildman–Crippen MR) is 60.9 cm³/mol. The molecule has 0 spiro atoms. The van der Waals surface area contributed by atoms with Gasteiger partial charge >= 0.3 is 0 Å². The molecule has 1 saturated carbocycles. The second kappa shape index (κ2) is 3.08. The quantitative estimate of drug-likeness (QED) is 0.800. The van der Waals surface area contributed by atoms with E-state index in [1.165, 1.54) is 6.07 Å². The van der Waals surface area contributed by atoms with E-state index in [1.807, 2.05) is 19.2 Å². The number of aryl methyl sites for hydroxylation is 1. The van der Waals surface area contributed by atoms with Crippen molar-refractivity contribution in [2.45, 2.75) is 31.8 Å². The van der Waals surface area contributed by atoms with Crippen LogP contribution in [0, 0.1) is 12.7 Å². The van der Waals surface area contributed by atoms with Gasteiger partial charge in [0.25, 0.3) is 0 Å². The van der Waals surface area contributed by atoms with Crippen molar-refractivity contribution in [1.29, 1.82) is 0 Å². The maximum atomic E-state index is 13.7. The van der Waals surface area contributed by atoms with Gasteiger partial charge in [-0.1, -0.05) is 0 Å². The highest BCUT2D eigenvalue weighted by atomic mass is 19.1. The van der Waals surface area contributed by atoms with Crippen LogP contribution in [-0.4, -0.2) is 15.7 Å². The molecule has 0 amide bonds. The second-order valence-corrected chi connectivity index (χ2v) is 4.87. The Bertz CT molecular complexity index is 554. The number of benzene rings is 1. The molecule has 2 aromatic rings. The summed E-state index contributed by atoms with van der Waals surface area (Å²) >= 11 is 0. The Kier molecular flexibility index (Phi) is 1.89. The van der Waals surface area contributed by atoms with Crippen molar-refractivity contribution in [3.8, 4) is 0 Å². The van der Waals surface area contributed by atoms with Gasteiger partial charge in [0.05, 0.1) is 11.1 Å². The molecule has 0 bridgehead atoms. The van der Waals surface area contributed by atoms with E-state index in [2.05, 4.69) is 4.98 Å². The number of rotatable bonds is 2. The number of hydrogen-bond acceptors (Lipinski definition) is 1. The lowest BCUT2D eigenvalue weighted by atomic mass is 10.0. The molecule has 0 saturated heterocycles. The summed E-state index contributed by atoms with van der Waals surface area (Å²) in [4.78, 5) is 2.92. The van der Waals surface area contributed by atoms with Crippen LogP contribution in [0.3, 0.4) is 0 Å². The molecule has 1 fully saturated rings. The van der Waals surface area contributed by atoms with E-state index in [9.17, 15) is 9.50 Å². The van der Waals surface area contributed by atoms with Gasteiger partial charge in [-0.25, -0.2) is 4.39 Å². The Labute approximate surface area is 93.1 Å². The summed E-state index contributed by atoms with van der Waals surface area (Å²) in [7, 11) is 0. The van der Waals surface area contributed by atoms with E-state index in [0.29, 0.717) is 11.9 Å². The molecule has 3 rings (SSSR count). The molecule has 2 nitrogen and oxygen atoms in total. The first-order chi connectivity index (χ1) is 7.57. The largest absolute Gasteiger partial charge is 0.390 e. The van der Waals surface area contributed by atoms with Crippen LogP contribution in [0.5, 0.6) is 0 Å². The summed E-state index contributed by atoms with van der Waals surface area (Å²) in [5, 5.41) is 10.8. The highest BCUT2D eigenvalue weighted by Crippen LogP contribution is 2.39. The number of halogens is 1. The van der Waals surface area contributed by atoms with E-state index in [1.54, 1.807) is 0 Å². The fourth-order valence-electron chi connectivity index (χ4n) is 2.18. The summed E-state index contributed by atoms with van der Waals surface area (Å²) in [5.74, 6) is -0.232. The molecule has 1 heterocycles. The third kappa shape index (κ3) is 1.52. The van der Waals surface area contributed by atoms with Crippen LogP contribution in [0.4, 0.5) is 4.39 Å². The first kappa shape index (κ1) is 9.85. The molecule has 0 atom stereocenters. The maximum absolute atomic E-state index is 13.7. The molecule has 0 radical (unpaired) electrons. The van der Waals surface area contributed by atoms with Gasteiger partial charge in [0.15, 0.2) is 0 Å². The third-order valence-electron chi connectivity index (χ3n) is 3.37. The molecule has 1 aromatic heterocycles. The highest BCUT2D eigenvalue weighted by molar-refractivity contribution is 5.84. The van der Waals surface area contributed by atoms with E-state index in [4.69, 9.17) is 0 Å². The molecular formula is C13H14FNO. The van der Waals surface area contributed by atoms with E-state index in [-0.39, 0.29) is 5.82 Å². The van der Waals surface area contributed by atoms with Crippen LogP contribution in [0.15, 0.2) is 18.3 Å². The number of aliphatic hydroxyl groups is 1. The number of H-pyrrole nitrogens is 1. The van der Waals surface area contributed by atoms with Gasteiger partial charge < -0.3 is 10.1 Å². The summed E-state index contributed by atoms with van der Waals surface area (Å²) in [6.45, 7) is 1.95. The van der Waals surface area contributed by atoms with Gasteiger partial charge in [0, 0.05) is 18.0 Å². The molecule has 1 aliphatic rings. The molecule has 84 valence electrons. The Hall–Kier alpha value is -1.35. The summed E-state index contributed by atoms with van der Waals surface area (Å²) in [6, 6.07) is 3.50. The topological polar surface area (TPSA) is 36.0 Å². The van der Waals surface area contributed by atoms with Crippen molar-refractivity contribution in [2.75, 3.05) is 0 Å². The van der Waals surface area contributed by atoms with Crippen LogP contribution < -0.4 is 0 Å². The molecule has 0 unspecified atom stereocenters. The third-order valence-corrected chi connectivity index (χ3v) is 3.37. The van der Waals surface area contributed by atoms with Gasteiger partial charge in [-0.15, -0.1) is 0 Å². The summed E-state index contributed by atoms with van der Waals surface area (Å²) in [5.41, 5.74) is 1.92. The van der Waals surface area contributed by atoms with Crippen molar-refractivity contribution in [2.24, 2.45) is 0 Å². The predicted octanol–water partition coefficient (Wildman–Crippen LogP) is 2.68. The van der Waals surface area contributed by atoms with E-state index >= 15 is 0 Å². The van der Waals surface area contributed by atoms with E-state index in [0.717, 1.165) is 29.4 Å². The van der Waals surface area contributed by atoms with Crippen LogP contribution >= 0.6 is 0 Å². The molecule has 0 aliphatic heterocycles. The molecule has 2 N–H and O–H groups in total. The Balaban J connectivity index is 2.08. The summed E-state index contributed by atoms with van der Waals surface area (Å²) < 4.78 is 13.7.